The van der Waals surface area contributed by atoms with Crippen LogP contribution in [-0.2, 0) is 11.2 Å². The SMILES string of the molecule is CC(C)(C)OC(=O)N1CCC2C(C1)c1cc(-c3ccc(Cl)cc3Cl)cc3c1N2C(O)CCC3. The summed E-state index contributed by atoms with van der Waals surface area (Å²) in [6.07, 6.45) is 2.60. The van der Waals surface area contributed by atoms with Gasteiger partial charge >= 0.3 is 6.09 Å². The Bertz CT molecular complexity index is 1100. The van der Waals surface area contributed by atoms with E-state index in [9.17, 15) is 9.90 Å². The number of halogens is 2. The molecule has 3 atom stereocenters. The van der Waals surface area contributed by atoms with E-state index in [4.69, 9.17) is 27.9 Å². The number of anilines is 1. The van der Waals surface area contributed by atoms with Crippen LogP contribution in [0.25, 0.3) is 11.1 Å². The molecule has 0 spiro atoms. The Morgan fingerprint density at radius 2 is 1.94 bits per heavy atom. The summed E-state index contributed by atoms with van der Waals surface area (Å²) in [5, 5.41) is 12.3. The summed E-state index contributed by atoms with van der Waals surface area (Å²) in [4.78, 5) is 16.9. The summed E-state index contributed by atoms with van der Waals surface area (Å²) in [6.45, 7) is 6.87. The van der Waals surface area contributed by atoms with E-state index >= 15 is 0 Å². The van der Waals surface area contributed by atoms with Gasteiger partial charge in [0.25, 0.3) is 0 Å². The first-order chi connectivity index (χ1) is 15.6. The minimum Gasteiger partial charge on any atom is -0.444 e. The summed E-state index contributed by atoms with van der Waals surface area (Å²) < 4.78 is 5.66. The van der Waals surface area contributed by atoms with Crippen molar-refractivity contribution >= 4 is 35.0 Å². The summed E-state index contributed by atoms with van der Waals surface area (Å²) >= 11 is 12.7. The van der Waals surface area contributed by atoms with Crippen molar-refractivity contribution in [3.8, 4) is 11.1 Å². The van der Waals surface area contributed by atoms with Gasteiger partial charge < -0.3 is 19.6 Å². The van der Waals surface area contributed by atoms with Crippen LogP contribution in [0.4, 0.5) is 10.5 Å². The van der Waals surface area contributed by atoms with Crippen molar-refractivity contribution in [1.82, 2.24) is 4.90 Å². The number of aliphatic hydroxyl groups is 1. The zero-order chi connectivity index (χ0) is 23.5. The maximum Gasteiger partial charge on any atom is 0.410 e. The molecule has 1 N–H and O–H groups in total. The number of amides is 1. The first kappa shape index (κ1) is 22.8. The molecule has 5 nitrogen and oxygen atoms in total. The molecular weight excluding hydrogens is 459 g/mol. The molecule has 5 rings (SSSR count). The van der Waals surface area contributed by atoms with Gasteiger partial charge in [0, 0.05) is 46.3 Å². The molecule has 2 aromatic carbocycles. The number of hydrogen-bond acceptors (Lipinski definition) is 4. The van der Waals surface area contributed by atoms with Gasteiger partial charge in [-0.1, -0.05) is 29.3 Å². The zero-order valence-electron chi connectivity index (χ0n) is 19.3. The van der Waals surface area contributed by atoms with Crippen LogP contribution in [0.3, 0.4) is 0 Å². The molecule has 2 aromatic rings. The monoisotopic (exact) mass is 488 g/mol. The second-order valence-corrected chi connectivity index (χ2v) is 11.2. The van der Waals surface area contributed by atoms with Crippen LogP contribution in [0, 0.1) is 0 Å². The van der Waals surface area contributed by atoms with Gasteiger partial charge in [0.1, 0.15) is 11.8 Å². The van der Waals surface area contributed by atoms with Gasteiger partial charge in [-0.3, -0.25) is 0 Å². The van der Waals surface area contributed by atoms with Crippen molar-refractivity contribution in [3.05, 3.63) is 51.5 Å². The number of carbonyl (C=O) groups excluding carboxylic acids is 1. The van der Waals surface area contributed by atoms with Crippen LogP contribution in [0.1, 0.15) is 57.1 Å². The fourth-order valence-corrected chi connectivity index (χ4v) is 6.12. The lowest BCUT2D eigenvalue weighted by Gasteiger charge is -2.40. The number of aryl methyl sites for hydroxylation is 1. The Hall–Kier alpha value is -1.95. The average Bonchev–Trinajstić information content (AvgIpc) is 2.96. The molecule has 3 unspecified atom stereocenters. The molecule has 176 valence electrons. The summed E-state index contributed by atoms with van der Waals surface area (Å²) in [5.74, 6) is 0.110. The lowest BCUT2D eigenvalue weighted by molar-refractivity contribution is 0.0178. The van der Waals surface area contributed by atoms with Gasteiger partial charge in [-0.25, -0.2) is 4.79 Å². The van der Waals surface area contributed by atoms with Crippen LogP contribution >= 0.6 is 23.2 Å². The number of likely N-dealkylation sites (tertiary alicyclic amines) is 1. The van der Waals surface area contributed by atoms with Crippen LogP contribution in [0.15, 0.2) is 30.3 Å². The molecule has 3 aliphatic rings. The Labute approximate surface area is 205 Å². The van der Waals surface area contributed by atoms with E-state index < -0.39 is 11.8 Å². The molecule has 1 fully saturated rings. The number of piperidine rings is 1. The number of ether oxygens (including phenoxy) is 1. The maximum absolute atomic E-state index is 12.8. The second-order valence-electron chi connectivity index (χ2n) is 10.4. The highest BCUT2D eigenvalue weighted by atomic mass is 35.5. The predicted molar refractivity (Wildman–Crippen MR) is 132 cm³/mol. The summed E-state index contributed by atoms with van der Waals surface area (Å²) in [5.41, 5.74) is 5.04. The minimum atomic E-state index is -0.531. The van der Waals surface area contributed by atoms with E-state index in [1.807, 2.05) is 37.8 Å². The Kier molecular flexibility index (Phi) is 5.79. The third kappa shape index (κ3) is 4.20. The standard InChI is InChI=1S/C26H30Cl2N2O3/c1-26(2,3)33-25(32)29-10-9-22-20(14-29)19-12-16(18-8-7-17(27)13-21(18)28)11-15-5-4-6-23(31)30(22)24(15)19/h7-8,11-13,20,22-23,31H,4-6,9-10,14H2,1-3H3. The van der Waals surface area contributed by atoms with E-state index in [1.165, 1.54) is 11.1 Å². The predicted octanol–water partition coefficient (Wildman–Crippen LogP) is 6.23. The van der Waals surface area contributed by atoms with Gasteiger partial charge in [0.05, 0.1) is 0 Å². The molecule has 1 saturated heterocycles. The van der Waals surface area contributed by atoms with Gasteiger partial charge in [-0.2, -0.15) is 0 Å². The smallest absolute Gasteiger partial charge is 0.410 e. The molecule has 1 amide bonds. The molecule has 33 heavy (non-hydrogen) atoms. The van der Waals surface area contributed by atoms with Gasteiger partial charge in [-0.05, 0) is 87.4 Å². The molecule has 7 heteroatoms. The lowest BCUT2D eigenvalue weighted by atomic mass is 9.86. The van der Waals surface area contributed by atoms with E-state index in [2.05, 4.69) is 17.0 Å². The van der Waals surface area contributed by atoms with E-state index in [0.29, 0.717) is 23.1 Å². The Morgan fingerprint density at radius 1 is 1.15 bits per heavy atom. The lowest BCUT2D eigenvalue weighted by Crippen LogP contribution is -2.51. The van der Waals surface area contributed by atoms with E-state index in [-0.39, 0.29) is 18.1 Å². The van der Waals surface area contributed by atoms with Crippen molar-refractivity contribution < 1.29 is 14.6 Å². The molecule has 0 radical (unpaired) electrons. The molecule has 0 saturated carbocycles. The quantitative estimate of drug-likeness (QED) is 0.516. The highest BCUT2D eigenvalue weighted by Gasteiger charge is 2.47. The number of rotatable bonds is 1. The van der Waals surface area contributed by atoms with Crippen molar-refractivity contribution in [3.63, 3.8) is 0 Å². The normalized spacial score (nSPS) is 24.2. The highest BCUT2D eigenvalue weighted by Crippen LogP contribution is 2.51. The zero-order valence-corrected chi connectivity index (χ0v) is 20.8. The Morgan fingerprint density at radius 3 is 2.67 bits per heavy atom. The van der Waals surface area contributed by atoms with Crippen molar-refractivity contribution in [2.45, 2.75) is 70.2 Å². The van der Waals surface area contributed by atoms with E-state index in [1.54, 1.807) is 6.07 Å². The third-order valence-electron chi connectivity index (χ3n) is 6.93. The number of aliphatic hydroxyl groups excluding tert-OH is 1. The second kappa shape index (κ2) is 8.37. The maximum atomic E-state index is 12.8. The number of fused-ring (bicyclic) bond motifs is 3. The number of nitrogens with zero attached hydrogens (tertiary/aromatic N) is 2. The number of carbonyl (C=O) groups is 1. The van der Waals surface area contributed by atoms with Crippen LogP contribution in [0.2, 0.25) is 10.0 Å². The van der Waals surface area contributed by atoms with Gasteiger partial charge in [0.15, 0.2) is 0 Å². The Balaban J connectivity index is 1.57. The number of hydrogen-bond donors (Lipinski definition) is 1. The van der Waals surface area contributed by atoms with Crippen molar-refractivity contribution in [2.75, 3.05) is 18.0 Å². The largest absolute Gasteiger partial charge is 0.444 e. The molecule has 0 bridgehead atoms. The first-order valence-electron chi connectivity index (χ1n) is 11.7. The fourth-order valence-electron chi connectivity index (χ4n) is 5.61. The molecule has 0 aliphatic carbocycles. The van der Waals surface area contributed by atoms with Crippen LogP contribution in [-0.4, -0.2) is 47.1 Å². The molecule has 3 aliphatic heterocycles. The average molecular weight is 489 g/mol. The summed E-state index contributed by atoms with van der Waals surface area (Å²) in [7, 11) is 0. The summed E-state index contributed by atoms with van der Waals surface area (Å²) in [6, 6.07) is 10.2. The van der Waals surface area contributed by atoms with Gasteiger partial charge in [-0.15, -0.1) is 0 Å². The first-order valence-corrected chi connectivity index (χ1v) is 12.4. The number of benzene rings is 2. The van der Waals surface area contributed by atoms with E-state index in [0.717, 1.165) is 42.5 Å². The fraction of sp³-hybridized carbons (Fsp3) is 0.500. The minimum absolute atomic E-state index is 0.110. The van der Waals surface area contributed by atoms with Crippen LogP contribution < -0.4 is 4.90 Å². The third-order valence-corrected chi connectivity index (χ3v) is 7.48. The molecule has 0 aromatic heterocycles. The molecular formula is C26H30Cl2N2O3. The van der Waals surface area contributed by atoms with Crippen molar-refractivity contribution in [1.29, 1.82) is 0 Å². The van der Waals surface area contributed by atoms with Gasteiger partial charge in [0.2, 0.25) is 0 Å². The van der Waals surface area contributed by atoms with Crippen molar-refractivity contribution in [2.24, 2.45) is 0 Å². The molecule has 3 heterocycles. The highest BCUT2D eigenvalue weighted by molar-refractivity contribution is 6.36. The van der Waals surface area contributed by atoms with Crippen LogP contribution in [0.5, 0.6) is 0 Å². The topological polar surface area (TPSA) is 53.0 Å².